The summed E-state index contributed by atoms with van der Waals surface area (Å²) in [6.45, 7) is 0.819. The molecule has 0 saturated carbocycles. The average molecular weight is 459 g/mol. The molecule has 1 aliphatic heterocycles. The Balaban J connectivity index is 1.37. The fourth-order valence-electron chi connectivity index (χ4n) is 2.84. The summed E-state index contributed by atoms with van der Waals surface area (Å²) in [6.07, 6.45) is 3.17. The van der Waals surface area contributed by atoms with Crippen molar-refractivity contribution in [3.63, 3.8) is 0 Å². The van der Waals surface area contributed by atoms with Crippen molar-refractivity contribution in [3.05, 3.63) is 59.1 Å². The van der Waals surface area contributed by atoms with Gasteiger partial charge in [0.15, 0.2) is 6.61 Å². The van der Waals surface area contributed by atoms with Crippen LogP contribution in [-0.4, -0.2) is 49.8 Å². The summed E-state index contributed by atoms with van der Waals surface area (Å²) in [5.74, 6) is -1.44. The van der Waals surface area contributed by atoms with E-state index < -0.39 is 11.8 Å². The first-order valence-corrected chi connectivity index (χ1v) is 10.4. The van der Waals surface area contributed by atoms with Crippen molar-refractivity contribution in [3.8, 4) is 5.75 Å². The Bertz CT molecular complexity index is 957. The standard InChI is InChI=1S/C22H23ClN4O5/c23-16-5-7-17(8-6-16)26-20(28)14-32-18-9-3-15(4-10-18)12-25-27-22(30)21(29)24-13-19-2-1-11-31-19/h3-10,12,19H,1-2,11,13-14H2,(H,24,29)(H,26,28)(H,27,30)/b25-12-/t19-/m1/s1. The van der Waals surface area contributed by atoms with Gasteiger partial charge in [-0.15, -0.1) is 0 Å². The lowest BCUT2D eigenvalue weighted by Gasteiger charge is -2.09. The molecule has 1 saturated heterocycles. The van der Waals surface area contributed by atoms with Crippen molar-refractivity contribution in [2.24, 2.45) is 5.10 Å². The second kappa shape index (κ2) is 11.8. The molecular formula is C22H23ClN4O5. The van der Waals surface area contributed by atoms with Crippen LogP contribution in [0.1, 0.15) is 18.4 Å². The molecule has 1 aliphatic rings. The van der Waals surface area contributed by atoms with Crippen LogP contribution in [0.3, 0.4) is 0 Å². The molecule has 0 spiro atoms. The van der Waals surface area contributed by atoms with Crippen LogP contribution in [0.4, 0.5) is 5.69 Å². The van der Waals surface area contributed by atoms with Crippen molar-refractivity contribution < 1.29 is 23.9 Å². The molecule has 3 N–H and O–H groups in total. The van der Waals surface area contributed by atoms with Crippen LogP contribution in [0.2, 0.25) is 5.02 Å². The second-order valence-corrected chi connectivity index (χ2v) is 7.39. The van der Waals surface area contributed by atoms with Crippen LogP contribution >= 0.6 is 11.6 Å². The number of ether oxygens (including phenoxy) is 2. The van der Waals surface area contributed by atoms with E-state index in [1.54, 1.807) is 48.5 Å². The van der Waals surface area contributed by atoms with E-state index in [4.69, 9.17) is 21.1 Å². The Hall–Kier alpha value is -3.43. The molecule has 0 aromatic heterocycles. The zero-order valence-electron chi connectivity index (χ0n) is 17.2. The van der Waals surface area contributed by atoms with Crippen LogP contribution < -0.4 is 20.8 Å². The molecule has 9 nitrogen and oxygen atoms in total. The highest BCUT2D eigenvalue weighted by Gasteiger charge is 2.18. The SMILES string of the molecule is O=C(COc1ccc(/C=N\NC(=O)C(=O)NC[C@H]2CCCO2)cc1)Nc1ccc(Cl)cc1. The number of nitrogens with zero attached hydrogens (tertiary/aromatic N) is 1. The number of nitrogens with one attached hydrogen (secondary N) is 3. The molecule has 3 rings (SSSR count). The van der Waals surface area contributed by atoms with Gasteiger partial charge in [0.2, 0.25) is 0 Å². The van der Waals surface area contributed by atoms with Crippen LogP contribution in [0.15, 0.2) is 53.6 Å². The molecule has 32 heavy (non-hydrogen) atoms. The number of hydrogen-bond acceptors (Lipinski definition) is 6. The van der Waals surface area contributed by atoms with Crippen LogP contribution in [0, 0.1) is 0 Å². The van der Waals surface area contributed by atoms with E-state index in [1.165, 1.54) is 6.21 Å². The molecule has 0 aliphatic carbocycles. The summed E-state index contributed by atoms with van der Waals surface area (Å²) in [7, 11) is 0. The maximum absolute atomic E-state index is 11.9. The zero-order valence-corrected chi connectivity index (χ0v) is 17.9. The highest BCUT2D eigenvalue weighted by molar-refractivity contribution is 6.35. The van der Waals surface area contributed by atoms with Crippen LogP contribution in [0.25, 0.3) is 0 Å². The van der Waals surface area contributed by atoms with Crippen molar-refractivity contribution in [1.29, 1.82) is 0 Å². The molecule has 3 amide bonds. The van der Waals surface area contributed by atoms with E-state index >= 15 is 0 Å². The van der Waals surface area contributed by atoms with Crippen molar-refractivity contribution in [2.45, 2.75) is 18.9 Å². The third kappa shape index (κ3) is 7.68. The lowest BCUT2D eigenvalue weighted by molar-refractivity contribution is -0.139. The molecule has 10 heteroatoms. The fraction of sp³-hybridized carbons (Fsp3) is 0.273. The van der Waals surface area contributed by atoms with E-state index in [0.29, 0.717) is 35.2 Å². The molecule has 2 aromatic carbocycles. The number of benzene rings is 2. The van der Waals surface area contributed by atoms with Gasteiger partial charge in [-0.3, -0.25) is 14.4 Å². The van der Waals surface area contributed by atoms with E-state index in [-0.39, 0.29) is 18.6 Å². The van der Waals surface area contributed by atoms with Gasteiger partial charge < -0.3 is 20.1 Å². The van der Waals surface area contributed by atoms with Crippen molar-refractivity contribution in [1.82, 2.24) is 10.7 Å². The summed E-state index contributed by atoms with van der Waals surface area (Å²) < 4.78 is 10.8. The number of hydrazone groups is 1. The zero-order chi connectivity index (χ0) is 22.8. The molecular weight excluding hydrogens is 436 g/mol. The van der Waals surface area contributed by atoms with E-state index in [2.05, 4.69) is 21.2 Å². The Morgan fingerprint density at radius 3 is 2.53 bits per heavy atom. The quantitative estimate of drug-likeness (QED) is 0.318. The minimum Gasteiger partial charge on any atom is -0.484 e. The lowest BCUT2D eigenvalue weighted by atomic mass is 10.2. The Morgan fingerprint density at radius 1 is 1.09 bits per heavy atom. The van der Waals surface area contributed by atoms with Gasteiger partial charge in [0, 0.05) is 23.9 Å². The van der Waals surface area contributed by atoms with Crippen molar-refractivity contribution >= 4 is 41.2 Å². The third-order valence-electron chi connectivity index (χ3n) is 4.48. The predicted molar refractivity (Wildman–Crippen MR) is 120 cm³/mol. The Morgan fingerprint density at radius 2 is 1.84 bits per heavy atom. The fourth-order valence-corrected chi connectivity index (χ4v) is 2.96. The van der Waals surface area contributed by atoms with Gasteiger partial charge in [-0.25, -0.2) is 5.43 Å². The number of amides is 3. The molecule has 0 radical (unpaired) electrons. The van der Waals surface area contributed by atoms with Gasteiger partial charge in [-0.1, -0.05) is 11.6 Å². The average Bonchev–Trinajstić information content (AvgIpc) is 3.32. The summed E-state index contributed by atoms with van der Waals surface area (Å²) in [5, 5.41) is 9.57. The first-order valence-electron chi connectivity index (χ1n) is 10.0. The molecule has 1 fully saturated rings. The maximum atomic E-state index is 11.9. The topological polar surface area (TPSA) is 118 Å². The smallest absolute Gasteiger partial charge is 0.329 e. The summed E-state index contributed by atoms with van der Waals surface area (Å²) in [6, 6.07) is 13.5. The van der Waals surface area contributed by atoms with Gasteiger partial charge in [0.05, 0.1) is 12.3 Å². The molecule has 2 aromatic rings. The molecule has 0 bridgehead atoms. The molecule has 168 valence electrons. The minimum atomic E-state index is -0.856. The predicted octanol–water partition coefficient (Wildman–Crippen LogP) is 2.10. The number of rotatable bonds is 8. The molecule has 1 heterocycles. The second-order valence-electron chi connectivity index (χ2n) is 6.96. The normalized spacial score (nSPS) is 15.3. The van der Waals surface area contributed by atoms with Gasteiger partial charge in [0.25, 0.3) is 5.91 Å². The Kier molecular flexibility index (Phi) is 8.59. The van der Waals surface area contributed by atoms with E-state index in [1.807, 2.05) is 0 Å². The van der Waals surface area contributed by atoms with Crippen molar-refractivity contribution in [2.75, 3.05) is 25.1 Å². The van der Waals surface area contributed by atoms with Crippen LogP contribution in [0.5, 0.6) is 5.75 Å². The highest BCUT2D eigenvalue weighted by Crippen LogP contribution is 2.14. The van der Waals surface area contributed by atoms with Gasteiger partial charge in [0.1, 0.15) is 5.75 Å². The van der Waals surface area contributed by atoms with E-state index in [9.17, 15) is 14.4 Å². The Labute approximate surface area is 190 Å². The number of anilines is 1. The lowest BCUT2D eigenvalue weighted by Crippen LogP contribution is -2.41. The van der Waals surface area contributed by atoms with Gasteiger partial charge in [-0.2, -0.15) is 5.10 Å². The molecule has 1 atom stereocenters. The van der Waals surface area contributed by atoms with Gasteiger partial charge in [-0.05, 0) is 66.9 Å². The highest BCUT2D eigenvalue weighted by atomic mass is 35.5. The first-order chi connectivity index (χ1) is 15.5. The van der Waals surface area contributed by atoms with E-state index in [0.717, 1.165) is 12.8 Å². The van der Waals surface area contributed by atoms with Gasteiger partial charge >= 0.3 is 11.8 Å². The molecule has 0 unspecified atom stereocenters. The maximum Gasteiger partial charge on any atom is 0.329 e. The van der Waals surface area contributed by atoms with Crippen LogP contribution in [-0.2, 0) is 19.1 Å². The number of halogens is 1. The summed E-state index contributed by atoms with van der Waals surface area (Å²) in [4.78, 5) is 35.4. The summed E-state index contributed by atoms with van der Waals surface area (Å²) >= 11 is 5.81. The third-order valence-corrected chi connectivity index (χ3v) is 4.73. The monoisotopic (exact) mass is 458 g/mol. The number of hydrogen-bond donors (Lipinski definition) is 3. The minimum absolute atomic E-state index is 0.0421. The largest absolute Gasteiger partial charge is 0.484 e. The number of carbonyl (C=O) groups excluding carboxylic acids is 3. The summed E-state index contributed by atoms with van der Waals surface area (Å²) in [5.41, 5.74) is 3.46. The first kappa shape index (κ1) is 23.2. The number of carbonyl (C=O) groups is 3.